The van der Waals surface area contributed by atoms with Gasteiger partial charge in [-0.3, -0.25) is 4.79 Å². The Labute approximate surface area is 161 Å². The molecule has 1 saturated heterocycles. The lowest BCUT2D eigenvalue weighted by Crippen LogP contribution is -2.37. The fourth-order valence-corrected chi connectivity index (χ4v) is 3.70. The van der Waals surface area contributed by atoms with E-state index in [2.05, 4.69) is 20.4 Å². The van der Waals surface area contributed by atoms with Gasteiger partial charge in [-0.2, -0.15) is 4.98 Å². The van der Waals surface area contributed by atoms with E-state index in [4.69, 9.17) is 9.26 Å². The number of hydrogen-bond donors (Lipinski definition) is 1. The van der Waals surface area contributed by atoms with Gasteiger partial charge in [0.05, 0.1) is 25.3 Å². The van der Waals surface area contributed by atoms with E-state index in [9.17, 15) is 4.79 Å². The smallest absolute Gasteiger partial charge is 0.253 e. The van der Waals surface area contributed by atoms with Crippen LogP contribution < -0.4 is 10.2 Å². The van der Waals surface area contributed by atoms with Gasteiger partial charge in [0.25, 0.3) is 5.91 Å². The molecule has 0 bridgehead atoms. The van der Waals surface area contributed by atoms with Crippen LogP contribution in [0.4, 0.5) is 5.69 Å². The number of benzene rings is 1. The topological polar surface area (TPSA) is 80.5 Å². The van der Waals surface area contributed by atoms with Gasteiger partial charge in [0.1, 0.15) is 0 Å². The second-order valence-corrected chi connectivity index (χ2v) is 7.19. The molecule has 4 rings (SSSR count). The molecule has 1 fully saturated rings. The van der Waals surface area contributed by atoms with Crippen molar-refractivity contribution in [3.05, 3.63) is 63.9 Å². The van der Waals surface area contributed by atoms with E-state index in [0.29, 0.717) is 36.9 Å². The highest BCUT2D eigenvalue weighted by Crippen LogP contribution is 2.21. The van der Waals surface area contributed by atoms with E-state index in [0.717, 1.165) is 18.8 Å². The zero-order valence-corrected chi connectivity index (χ0v) is 15.6. The average Bonchev–Trinajstić information content (AvgIpc) is 3.39. The van der Waals surface area contributed by atoms with E-state index >= 15 is 0 Å². The molecule has 1 aliphatic heterocycles. The highest BCUT2D eigenvalue weighted by atomic mass is 32.1. The van der Waals surface area contributed by atoms with Crippen LogP contribution in [0.3, 0.4) is 0 Å². The molecule has 1 aliphatic rings. The van der Waals surface area contributed by atoms with Crippen LogP contribution >= 0.6 is 11.3 Å². The number of rotatable bonds is 6. The zero-order valence-electron chi connectivity index (χ0n) is 14.8. The zero-order chi connectivity index (χ0) is 18.5. The van der Waals surface area contributed by atoms with E-state index in [1.807, 2.05) is 41.8 Å². The normalized spacial score (nSPS) is 14.3. The molecule has 8 heteroatoms. The second-order valence-electron chi connectivity index (χ2n) is 6.16. The second kappa shape index (κ2) is 8.32. The first-order valence-electron chi connectivity index (χ1n) is 8.83. The van der Waals surface area contributed by atoms with E-state index in [-0.39, 0.29) is 12.5 Å². The third-order valence-electron chi connectivity index (χ3n) is 4.32. The Morgan fingerprint density at radius 3 is 2.85 bits per heavy atom. The molecule has 2 aromatic heterocycles. The standard InChI is InChI=1S/C19H20N4O3S/c24-19(15-5-1-2-6-16(15)23-7-9-25-10-8-23)20-13-18-21-17(22-26-18)12-14-4-3-11-27-14/h1-6,11H,7-10,12-13H2,(H,20,24). The van der Waals surface area contributed by atoms with Crippen LogP contribution in [0.25, 0.3) is 0 Å². The summed E-state index contributed by atoms with van der Waals surface area (Å²) in [5.74, 6) is 0.865. The Hall–Kier alpha value is -2.71. The molecule has 1 aromatic carbocycles. The number of hydrogen-bond acceptors (Lipinski definition) is 7. The summed E-state index contributed by atoms with van der Waals surface area (Å²) in [7, 11) is 0. The number of aromatic nitrogens is 2. The molecule has 140 valence electrons. The van der Waals surface area contributed by atoms with Crippen molar-refractivity contribution in [3.8, 4) is 0 Å². The van der Waals surface area contributed by atoms with Crippen LogP contribution in [0, 0.1) is 0 Å². The fourth-order valence-electron chi connectivity index (χ4n) is 3.00. The van der Waals surface area contributed by atoms with Crippen molar-refractivity contribution in [2.24, 2.45) is 0 Å². The highest BCUT2D eigenvalue weighted by Gasteiger charge is 2.19. The summed E-state index contributed by atoms with van der Waals surface area (Å²) in [6.45, 7) is 3.10. The first-order valence-corrected chi connectivity index (χ1v) is 9.71. The quantitative estimate of drug-likeness (QED) is 0.703. The van der Waals surface area contributed by atoms with E-state index in [1.165, 1.54) is 4.88 Å². The van der Waals surface area contributed by atoms with Gasteiger partial charge in [0.15, 0.2) is 5.82 Å². The minimum absolute atomic E-state index is 0.157. The Bertz CT molecular complexity index is 888. The van der Waals surface area contributed by atoms with Crippen molar-refractivity contribution in [1.29, 1.82) is 0 Å². The summed E-state index contributed by atoms with van der Waals surface area (Å²) in [6, 6.07) is 11.6. The SMILES string of the molecule is O=C(NCc1nc(Cc2cccs2)no1)c1ccccc1N1CCOCC1. The van der Waals surface area contributed by atoms with Crippen molar-refractivity contribution in [2.45, 2.75) is 13.0 Å². The lowest BCUT2D eigenvalue weighted by Gasteiger charge is -2.30. The highest BCUT2D eigenvalue weighted by molar-refractivity contribution is 7.09. The van der Waals surface area contributed by atoms with Crippen LogP contribution in [0.5, 0.6) is 0 Å². The maximum atomic E-state index is 12.7. The predicted octanol–water partition coefficient (Wildman–Crippen LogP) is 2.49. The van der Waals surface area contributed by atoms with Crippen LogP contribution in [0.15, 0.2) is 46.3 Å². The Morgan fingerprint density at radius 1 is 1.19 bits per heavy atom. The Morgan fingerprint density at radius 2 is 2.04 bits per heavy atom. The number of thiophene rings is 1. The summed E-state index contributed by atoms with van der Waals surface area (Å²) in [6.07, 6.45) is 0.634. The van der Waals surface area contributed by atoms with E-state index < -0.39 is 0 Å². The molecule has 0 aliphatic carbocycles. The van der Waals surface area contributed by atoms with Crippen molar-refractivity contribution in [3.63, 3.8) is 0 Å². The predicted molar refractivity (Wildman–Crippen MR) is 102 cm³/mol. The van der Waals surface area contributed by atoms with Gasteiger partial charge >= 0.3 is 0 Å². The molecule has 0 saturated carbocycles. The summed E-state index contributed by atoms with van der Waals surface area (Å²) >= 11 is 1.65. The molecule has 1 amide bonds. The number of carbonyl (C=O) groups is 1. The van der Waals surface area contributed by atoms with Crippen LogP contribution in [-0.4, -0.2) is 42.4 Å². The van der Waals surface area contributed by atoms with Crippen molar-refractivity contribution >= 4 is 22.9 Å². The summed E-state index contributed by atoms with van der Waals surface area (Å²) in [5, 5.41) is 8.87. The minimum Gasteiger partial charge on any atom is -0.378 e. The number of nitrogens with zero attached hydrogens (tertiary/aromatic N) is 3. The fraction of sp³-hybridized carbons (Fsp3) is 0.316. The number of para-hydroxylation sites is 1. The Kier molecular flexibility index (Phi) is 5.45. The van der Waals surface area contributed by atoms with Gasteiger partial charge in [-0.1, -0.05) is 23.4 Å². The van der Waals surface area contributed by atoms with Gasteiger partial charge in [-0.15, -0.1) is 11.3 Å². The van der Waals surface area contributed by atoms with Gasteiger partial charge in [0.2, 0.25) is 5.89 Å². The van der Waals surface area contributed by atoms with Crippen molar-refractivity contribution < 1.29 is 14.1 Å². The lowest BCUT2D eigenvalue weighted by molar-refractivity contribution is 0.0945. The molecular formula is C19H20N4O3S. The maximum Gasteiger partial charge on any atom is 0.253 e. The number of nitrogens with one attached hydrogen (secondary N) is 1. The van der Waals surface area contributed by atoms with Crippen molar-refractivity contribution in [1.82, 2.24) is 15.5 Å². The number of ether oxygens (including phenoxy) is 1. The maximum absolute atomic E-state index is 12.7. The largest absolute Gasteiger partial charge is 0.378 e. The van der Waals surface area contributed by atoms with Crippen LogP contribution in [-0.2, 0) is 17.7 Å². The van der Waals surface area contributed by atoms with Crippen LogP contribution in [0.2, 0.25) is 0 Å². The Balaban J connectivity index is 1.39. The summed E-state index contributed by atoms with van der Waals surface area (Å²) < 4.78 is 10.6. The molecule has 3 aromatic rings. The molecule has 0 spiro atoms. The number of morpholine rings is 1. The molecule has 0 atom stereocenters. The number of carbonyl (C=O) groups excluding carboxylic acids is 1. The van der Waals surface area contributed by atoms with Crippen LogP contribution in [0.1, 0.15) is 27.0 Å². The number of anilines is 1. The third-order valence-corrected chi connectivity index (χ3v) is 5.20. The summed E-state index contributed by atoms with van der Waals surface area (Å²) in [5.41, 5.74) is 1.56. The molecule has 3 heterocycles. The molecule has 27 heavy (non-hydrogen) atoms. The van der Waals surface area contributed by atoms with E-state index in [1.54, 1.807) is 11.3 Å². The molecule has 0 radical (unpaired) electrons. The molecular weight excluding hydrogens is 364 g/mol. The number of amides is 1. The first-order chi connectivity index (χ1) is 13.3. The molecule has 1 N–H and O–H groups in total. The summed E-state index contributed by atoms with van der Waals surface area (Å²) in [4.78, 5) is 20.4. The average molecular weight is 384 g/mol. The molecule has 7 nitrogen and oxygen atoms in total. The third kappa shape index (κ3) is 4.35. The van der Waals surface area contributed by atoms with Crippen molar-refractivity contribution in [2.75, 3.05) is 31.2 Å². The van der Waals surface area contributed by atoms with Gasteiger partial charge in [-0.25, -0.2) is 0 Å². The van der Waals surface area contributed by atoms with Gasteiger partial charge < -0.3 is 19.5 Å². The first kappa shape index (κ1) is 17.7. The van der Waals surface area contributed by atoms with Gasteiger partial charge in [0, 0.05) is 30.1 Å². The molecule has 0 unspecified atom stereocenters. The monoisotopic (exact) mass is 384 g/mol. The minimum atomic E-state index is -0.157. The van der Waals surface area contributed by atoms with Gasteiger partial charge in [-0.05, 0) is 23.6 Å². The lowest BCUT2D eigenvalue weighted by atomic mass is 10.1.